The standard InChI is InChI=1S/C19H30N2O5S/c1-7-13(4)17(19(23)26-6)20-18(22)16-12-15(11-10-14(16)5)27(24,25)21(8-2)9-3/h10-13,17H,7-9H2,1-6H3,(H,20,22). The van der Waals surface area contributed by atoms with Crippen molar-refractivity contribution in [1.29, 1.82) is 0 Å². The van der Waals surface area contributed by atoms with E-state index in [9.17, 15) is 18.0 Å². The SMILES string of the molecule is CCC(C)C(NC(=O)c1cc(S(=O)(=O)N(CC)CC)ccc1C)C(=O)OC. The number of aryl methyl sites for hydroxylation is 1. The van der Waals surface area contributed by atoms with Gasteiger partial charge in [0.15, 0.2) is 0 Å². The Kier molecular flexibility index (Phi) is 8.43. The quantitative estimate of drug-likeness (QED) is 0.645. The minimum atomic E-state index is -3.68. The number of hydrogen-bond donors (Lipinski definition) is 1. The summed E-state index contributed by atoms with van der Waals surface area (Å²) in [4.78, 5) is 24.9. The molecular formula is C19H30N2O5S. The summed E-state index contributed by atoms with van der Waals surface area (Å²) in [5.74, 6) is -1.15. The number of carbonyl (C=O) groups excluding carboxylic acids is 2. The Balaban J connectivity index is 3.26. The monoisotopic (exact) mass is 398 g/mol. The van der Waals surface area contributed by atoms with Crippen molar-refractivity contribution in [3.63, 3.8) is 0 Å². The predicted molar refractivity (Wildman–Crippen MR) is 104 cm³/mol. The van der Waals surface area contributed by atoms with Gasteiger partial charge >= 0.3 is 5.97 Å². The van der Waals surface area contributed by atoms with Gasteiger partial charge in [-0.25, -0.2) is 13.2 Å². The van der Waals surface area contributed by atoms with E-state index in [-0.39, 0.29) is 16.4 Å². The first-order chi connectivity index (χ1) is 12.6. The van der Waals surface area contributed by atoms with Crippen LogP contribution in [0, 0.1) is 12.8 Å². The van der Waals surface area contributed by atoms with Crippen molar-refractivity contribution in [3.05, 3.63) is 29.3 Å². The molecule has 0 heterocycles. The molecule has 7 nitrogen and oxygen atoms in total. The zero-order valence-corrected chi connectivity index (χ0v) is 17.7. The maximum atomic E-state index is 12.8. The van der Waals surface area contributed by atoms with Gasteiger partial charge in [-0.05, 0) is 30.5 Å². The summed E-state index contributed by atoms with van der Waals surface area (Å²) in [5.41, 5.74) is 0.846. The second-order valence-corrected chi connectivity index (χ2v) is 8.36. The predicted octanol–water partition coefficient (Wildman–Crippen LogP) is 2.34. The molecule has 0 aliphatic carbocycles. The molecule has 0 saturated carbocycles. The number of nitrogens with one attached hydrogen (secondary N) is 1. The van der Waals surface area contributed by atoms with Crippen molar-refractivity contribution in [2.24, 2.45) is 5.92 Å². The average molecular weight is 399 g/mol. The fourth-order valence-electron chi connectivity index (χ4n) is 2.73. The Morgan fingerprint density at radius 2 is 1.78 bits per heavy atom. The van der Waals surface area contributed by atoms with Crippen LogP contribution in [0.4, 0.5) is 0 Å². The van der Waals surface area contributed by atoms with E-state index in [1.54, 1.807) is 26.8 Å². The van der Waals surface area contributed by atoms with E-state index in [0.717, 1.165) is 0 Å². The first kappa shape index (κ1) is 23.1. The van der Waals surface area contributed by atoms with Gasteiger partial charge in [0, 0.05) is 18.7 Å². The molecule has 0 spiro atoms. The van der Waals surface area contributed by atoms with E-state index in [2.05, 4.69) is 5.32 Å². The third-order valence-corrected chi connectivity index (χ3v) is 6.80. The highest BCUT2D eigenvalue weighted by Crippen LogP contribution is 2.20. The highest BCUT2D eigenvalue weighted by atomic mass is 32.2. The van der Waals surface area contributed by atoms with Crippen LogP contribution in [0.25, 0.3) is 0 Å². The molecule has 0 fully saturated rings. The Morgan fingerprint density at radius 3 is 2.26 bits per heavy atom. The second-order valence-electron chi connectivity index (χ2n) is 6.43. The van der Waals surface area contributed by atoms with E-state index >= 15 is 0 Å². The van der Waals surface area contributed by atoms with Gasteiger partial charge < -0.3 is 10.1 Å². The molecule has 1 rings (SSSR count). The summed E-state index contributed by atoms with van der Waals surface area (Å²) in [5, 5.41) is 2.69. The largest absolute Gasteiger partial charge is 0.467 e. The number of carbonyl (C=O) groups is 2. The lowest BCUT2D eigenvalue weighted by atomic mass is 9.98. The number of ether oxygens (including phenoxy) is 1. The van der Waals surface area contributed by atoms with Crippen LogP contribution in [0.15, 0.2) is 23.1 Å². The summed E-state index contributed by atoms with van der Waals surface area (Å²) in [6.45, 7) is 9.68. The molecule has 0 aliphatic rings. The van der Waals surface area contributed by atoms with Crippen molar-refractivity contribution in [2.75, 3.05) is 20.2 Å². The van der Waals surface area contributed by atoms with Crippen molar-refractivity contribution in [2.45, 2.75) is 52.0 Å². The third kappa shape index (κ3) is 5.29. The molecule has 1 amide bonds. The van der Waals surface area contributed by atoms with Crippen LogP contribution >= 0.6 is 0 Å². The fourth-order valence-corrected chi connectivity index (χ4v) is 4.22. The Morgan fingerprint density at radius 1 is 1.19 bits per heavy atom. The van der Waals surface area contributed by atoms with Gasteiger partial charge in [0.1, 0.15) is 6.04 Å². The van der Waals surface area contributed by atoms with E-state index in [1.165, 1.54) is 23.5 Å². The first-order valence-corrected chi connectivity index (χ1v) is 10.6. The molecule has 8 heteroatoms. The average Bonchev–Trinajstić information content (AvgIpc) is 2.65. The summed E-state index contributed by atoms with van der Waals surface area (Å²) < 4.78 is 31.6. The third-order valence-electron chi connectivity index (χ3n) is 4.75. The van der Waals surface area contributed by atoms with E-state index in [1.807, 2.05) is 13.8 Å². The Bertz CT molecular complexity index is 772. The number of sulfonamides is 1. The number of nitrogens with zero attached hydrogens (tertiary/aromatic N) is 1. The van der Waals surface area contributed by atoms with Crippen LogP contribution in [0.3, 0.4) is 0 Å². The minimum Gasteiger partial charge on any atom is -0.467 e. The van der Waals surface area contributed by atoms with E-state index < -0.39 is 27.9 Å². The molecule has 2 atom stereocenters. The molecule has 0 aliphatic heterocycles. The smallest absolute Gasteiger partial charge is 0.328 e. The maximum absolute atomic E-state index is 12.8. The van der Waals surface area contributed by atoms with Crippen LogP contribution in [-0.2, 0) is 19.6 Å². The lowest BCUT2D eigenvalue weighted by Gasteiger charge is -2.23. The minimum absolute atomic E-state index is 0.0557. The molecule has 152 valence electrons. The zero-order valence-electron chi connectivity index (χ0n) is 16.9. The number of methoxy groups -OCH3 is 1. The van der Waals surface area contributed by atoms with Crippen LogP contribution in [0.1, 0.15) is 50.0 Å². The fraction of sp³-hybridized carbons (Fsp3) is 0.579. The van der Waals surface area contributed by atoms with Crippen molar-refractivity contribution >= 4 is 21.9 Å². The van der Waals surface area contributed by atoms with Gasteiger partial charge in [-0.2, -0.15) is 4.31 Å². The van der Waals surface area contributed by atoms with Crippen molar-refractivity contribution in [3.8, 4) is 0 Å². The van der Waals surface area contributed by atoms with Gasteiger partial charge in [0.2, 0.25) is 10.0 Å². The summed E-state index contributed by atoms with van der Waals surface area (Å²) in [6.07, 6.45) is 0.676. The van der Waals surface area contributed by atoms with Crippen LogP contribution < -0.4 is 5.32 Å². The summed E-state index contributed by atoms with van der Waals surface area (Å²) >= 11 is 0. The number of hydrogen-bond acceptors (Lipinski definition) is 5. The lowest BCUT2D eigenvalue weighted by molar-refractivity contribution is -0.144. The number of amides is 1. The number of benzene rings is 1. The summed E-state index contributed by atoms with van der Waals surface area (Å²) in [7, 11) is -2.41. The molecule has 1 aromatic rings. The first-order valence-electron chi connectivity index (χ1n) is 9.13. The van der Waals surface area contributed by atoms with Gasteiger partial charge in [-0.15, -0.1) is 0 Å². The molecule has 27 heavy (non-hydrogen) atoms. The molecule has 0 saturated heterocycles. The molecule has 0 bridgehead atoms. The number of rotatable bonds is 9. The Hall–Kier alpha value is -1.93. The maximum Gasteiger partial charge on any atom is 0.328 e. The molecule has 0 aromatic heterocycles. The molecule has 1 N–H and O–H groups in total. The Labute approximate surface area is 162 Å². The van der Waals surface area contributed by atoms with Crippen LogP contribution in [-0.4, -0.2) is 50.8 Å². The molecule has 2 unspecified atom stereocenters. The lowest BCUT2D eigenvalue weighted by Crippen LogP contribution is -2.45. The second kappa shape index (κ2) is 9.85. The summed E-state index contributed by atoms with van der Waals surface area (Å²) in [6, 6.07) is 3.66. The van der Waals surface area contributed by atoms with Gasteiger partial charge in [-0.3, -0.25) is 4.79 Å². The van der Waals surface area contributed by atoms with Gasteiger partial charge in [-0.1, -0.05) is 40.2 Å². The normalized spacial score (nSPS) is 13.9. The topological polar surface area (TPSA) is 92.8 Å². The van der Waals surface area contributed by atoms with Crippen LogP contribution in [0.5, 0.6) is 0 Å². The van der Waals surface area contributed by atoms with E-state index in [4.69, 9.17) is 4.74 Å². The van der Waals surface area contributed by atoms with Gasteiger partial charge in [0.05, 0.1) is 12.0 Å². The molecule has 0 radical (unpaired) electrons. The number of esters is 1. The zero-order chi connectivity index (χ0) is 20.8. The molecular weight excluding hydrogens is 368 g/mol. The van der Waals surface area contributed by atoms with Gasteiger partial charge in [0.25, 0.3) is 5.91 Å². The highest BCUT2D eigenvalue weighted by Gasteiger charge is 2.29. The van der Waals surface area contributed by atoms with Crippen LogP contribution in [0.2, 0.25) is 0 Å². The van der Waals surface area contributed by atoms with E-state index in [0.29, 0.717) is 25.1 Å². The van der Waals surface area contributed by atoms with Crippen molar-refractivity contribution < 1.29 is 22.7 Å². The molecule has 1 aromatic carbocycles. The highest BCUT2D eigenvalue weighted by molar-refractivity contribution is 7.89. The van der Waals surface area contributed by atoms with Crippen molar-refractivity contribution in [1.82, 2.24) is 9.62 Å².